The summed E-state index contributed by atoms with van der Waals surface area (Å²) in [5.41, 5.74) is 3.36. The van der Waals surface area contributed by atoms with Crippen molar-refractivity contribution in [2.45, 2.75) is 32.2 Å². The molecule has 0 N–H and O–H groups in total. The van der Waals surface area contributed by atoms with Crippen molar-refractivity contribution in [1.82, 2.24) is 0 Å². The van der Waals surface area contributed by atoms with Gasteiger partial charge in [-0.1, -0.05) is 36.9 Å². The average molecular weight is 232 g/mol. The first-order chi connectivity index (χ1) is 7.74. The van der Waals surface area contributed by atoms with Crippen LogP contribution in [0.3, 0.4) is 0 Å². The summed E-state index contributed by atoms with van der Waals surface area (Å²) in [5, 5.41) is 1.52. The number of fused-ring (bicyclic) bond motifs is 2. The maximum absolute atomic E-state index is 2.64. The van der Waals surface area contributed by atoms with Crippen LogP contribution in [0.15, 0.2) is 24.3 Å². The van der Waals surface area contributed by atoms with Crippen LogP contribution in [0.25, 0.3) is 0 Å². The maximum Gasteiger partial charge on any atom is 0.243 e. The second-order valence-corrected chi connectivity index (χ2v) is 6.07. The van der Waals surface area contributed by atoms with E-state index >= 15 is 0 Å². The van der Waals surface area contributed by atoms with Gasteiger partial charge in [0.05, 0.1) is 11.3 Å². The van der Waals surface area contributed by atoms with Crippen molar-refractivity contribution in [1.29, 1.82) is 0 Å². The summed E-state index contributed by atoms with van der Waals surface area (Å²) in [7, 11) is 0. The van der Waals surface area contributed by atoms with Crippen molar-refractivity contribution in [3.05, 3.63) is 35.4 Å². The number of nitrogens with zero attached hydrogens (tertiary/aromatic N) is 1. The lowest BCUT2D eigenvalue weighted by molar-refractivity contribution is -0.598. The Morgan fingerprint density at radius 3 is 3.00 bits per heavy atom. The summed E-state index contributed by atoms with van der Waals surface area (Å²) >= 11 is 2.03. The van der Waals surface area contributed by atoms with Gasteiger partial charge >= 0.3 is 0 Å². The van der Waals surface area contributed by atoms with Crippen LogP contribution < -0.4 is 0 Å². The Morgan fingerprint density at radius 1 is 1.38 bits per heavy atom. The lowest BCUT2D eigenvalue weighted by Crippen LogP contribution is -2.45. The van der Waals surface area contributed by atoms with E-state index in [1.54, 1.807) is 0 Å². The molecule has 1 aromatic carbocycles. The van der Waals surface area contributed by atoms with Crippen LogP contribution in [0.1, 0.15) is 31.4 Å². The Kier molecular flexibility index (Phi) is 2.36. The molecule has 0 aromatic heterocycles. The highest BCUT2D eigenvalue weighted by Crippen LogP contribution is 2.35. The molecule has 0 saturated carbocycles. The van der Waals surface area contributed by atoms with Gasteiger partial charge in [0, 0.05) is 19.8 Å². The highest BCUT2D eigenvalue weighted by Gasteiger charge is 2.44. The van der Waals surface area contributed by atoms with Gasteiger partial charge in [-0.05, 0) is 11.6 Å². The van der Waals surface area contributed by atoms with Gasteiger partial charge in [0.25, 0.3) is 0 Å². The lowest BCUT2D eigenvalue weighted by atomic mass is 9.85. The number of hydrogen-bond donors (Lipinski definition) is 0. The monoisotopic (exact) mass is 232 g/mol. The van der Waals surface area contributed by atoms with Gasteiger partial charge in [-0.15, -0.1) is 0 Å². The van der Waals surface area contributed by atoms with E-state index in [-0.39, 0.29) is 0 Å². The molecule has 1 atom stereocenters. The minimum Gasteiger partial charge on any atom is -0.218 e. The van der Waals surface area contributed by atoms with E-state index in [2.05, 4.69) is 42.7 Å². The van der Waals surface area contributed by atoms with Crippen LogP contribution in [0.4, 0.5) is 0 Å². The largest absolute Gasteiger partial charge is 0.243 e. The predicted octanol–water partition coefficient (Wildman–Crippen LogP) is 2.92. The lowest BCUT2D eigenvalue weighted by Gasteiger charge is -2.30. The molecule has 16 heavy (non-hydrogen) atoms. The minimum absolute atomic E-state index is 0.340. The molecule has 0 amide bonds. The van der Waals surface area contributed by atoms with E-state index in [4.69, 9.17) is 0 Å². The SMILES string of the molecule is CCC1(C)Cc2ccccc2C2=[N+]1CCS2. The molecule has 0 radical (unpaired) electrons. The first kappa shape index (κ1) is 10.4. The highest BCUT2D eigenvalue weighted by molar-refractivity contribution is 8.14. The van der Waals surface area contributed by atoms with E-state index in [1.165, 1.54) is 41.3 Å². The zero-order valence-corrected chi connectivity index (χ0v) is 10.8. The van der Waals surface area contributed by atoms with Crippen molar-refractivity contribution >= 4 is 16.8 Å². The molecule has 2 heteroatoms. The average Bonchev–Trinajstić information content (AvgIpc) is 2.79. The number of thioether (sulfide) groups is 1. The molecule has 0 spiro atoms. The van der Waals surface area contributed by atoms with Crippen molar-refractivity contribution < 1.29 is 4.58 Å². The zero-order valence-electron chi connectivity index (χ0n) is 9.99. The van der Waals surface area contributed by atoms with E-state index < -0.39 is 0 Å². The molecule has 0 fully saturated rings. The molecule has 0 aliphatic carbocycles. The Morgan fingerprint density at radius 2 is 2.19 bits per heavy atom. The maximum atomic E-state index is 2.64. The van der Waals surface area contributed by atoms with E-state index in [9.17, 15) is 0 Å². The molecule has 84 valence electrons. The zero-order chi connectivity index (χ0) is 11.2. The van der Waals surface area contributed by atoms with Gasteiger partial charge in [-0.3, -0.25) is 0 Å². The topological polar surface area (TPSA) is 3.01 Å². The fourth-order valence-corrected chi connectivity index (χ4v) is 4.15. The third-order valence-electron chi connectivity index (χ3n) is 4.03. The van der Waals surface area contributed by atoms with Gasteiger partial charge in [-0.25, -0.2) is 4.58 Å². The second kappa shape index (κ2) is 3.63. The molecule has 0 saturated heterocycles. The molecule has 1 nitrogen and oxygen atoms in total. The smallest absolute Gasteiger partial charge is 0.218 e. The van der Waals surface area contributed by atoms with E-state index in [0.29, 0.717) is 5.54 Å². The van der Waals surface area contributed by atoms with E-state index in [1.807, 2.05) is 11.8 Å². The first-order valence-electron chi connectivity index (χ1n) is 6.10. The molecule has 2 aliphatic rings. The van der Waals surface area contributed by atoms with Crippen LogP contribution in [0, 0.1) is 0 Å². The van der Waals surface area contributed by atoms with Crippen LogP contribution >= 0.6 is 11.8 Å². The summed E-state index contributed by atoms with van der Waals surface area (Å²) in [5.74, 6) is 1.25. The quantitative estimate of drug-likeness (QED) is 0.673. The van der Waals surface area contributed by atoms with Crippen molar-refractivity contribution in [2.24, 2.45) is 0 Å². The molecule has 1 aromatic rings. The van der Waals surface area contributed by atoms with Gasteiger partial charge in [-0.2, -0.15) is 0 Å². The van der Waals surface area contributed by atoms with Gasteiger partial charge in [0.2, 0.25) is 5.04 Å². The summed E-state index contributed by atoms with van der Waals surface area (Å²) in [6.07, 6.45) is 2.43. The van der Waals surface area contributed by atoms with E-state index in [0.717, 1.165) is 0 Å². The molecule has 3 rings (SSSR count). The third-order valence-corrected chi connectivity index (χ3v) is 5.13. The van der Waals surface area contributed by atoms with Gasteiger partial charge in [0.1, 0.15) is 0 Å². The summed E-state index contributed by atoms with van der Waals surface area (Å²) < 4.78 is 2.64. The van der Waals surface area contributed by atoms with Crippen LogP contribution in [0.5, 0.6) is 0 Å². The van der Waals surface area contributed by atoms with Crippen LogP contribution in [-0.2, 0) is 6.42 Å². The van der Waals surface area contributed by atoms with Gasteiger partial charge < -0.3 is 0 Å². The Balaban J connectivity index is 2.20. The number of benzene rings is 1. The molecular formula is C14H18NS+. The van der Waals surface area contributed by atoms with Crippen LogP contribution in [-0.4, -0.2) is 27.5 Å². The minimum atomic E-state index is 0.340. The fraction of sp³-hybridized carbons (Fsp3) is 0.500. The van der Waals surface area contributed by atoms with Crippen molar-refractivity contribution in [3.63, 3.8) is 0 Å². The summed E-state index contributed by atoms with van der Waals surface area (Å²) in [4.78, 5) is 0. The Hall–Kier alpha value is -0.760. The summed E-state index contributed by atoms with van der Waals surface area (Å²) in [6.45, 7) is 5.95. The Labute approximate surface area is 102 Å². The first-order valence-corrected chi connectivity index (χ1v) is 7.09. The van der Waals surface area contributed by atoms with Crippen molar-refractivity contribution in [2.75, 3.05) is 12.3 Å². The number of hydrogen-bond acceptors (Lipinski definition) is 1. The normalized spacial score (nSPS) is 27.9. The second-order valence-electron chi connectivity index (χ2n) is 4.99. The van der Waals surface area contributed by atoms with Crippen molar-refractivity contribution in [3.8, 4) is 0 Å². The molecule has 2 aliphatic heterocycles. The number of rotatable bonds is 1. The molecule has 1 unspecified atom stereocenters. The molecule has 2 heterocycles. The molecular weight excluding hydrogens is 214 g/mol. The predicted molar refractivity (Wildman–Crippen MR) is 70.5 cm³/mol. The third kappa shape index (κ3) is 1.36. The van der Waals surface area contributed by atoms with Gasteiger partial charge in [0.15, 0.2) is 12.1 Å². The summed E-state index contributed by atoms with van der Waals surface area (Å²) in [6, 6.07) is 8.92. The fourth-order valence-electron chi connectivity index (χ4n) is 2.86. The standard InChI is InChI=1S/C14H18NS/c1-3-14(2)10-11-6-4-5-7-12(11)13-15(14)8-9-16-13/h4-7H,3,8-10H2,1-2H3/q+1. The Bertz CT molecular complexity index is 464. The molecule has 0 bridgehead atoms. The van der Waals surface area contributed by atoms with Crippen LogP contribution in [0.2, 0.25) is 0 Å². The highest BCUT2D eigenvalue weighted by atomic mass is 32.2.